The van der Waals surface area contributed by atoms with E-state index in [1.807, 2.05) is 0 Å². The first-order valence-corrected chi connectivity index (χ1v) is 6.82. The molecule has 4 N–H and O–H groups in total. The first-order chi connectivity index (χ1) is 11.6. The molecule has 8 nitrogen and oxygen atoms in total. The molecule has 26 heavy (non-hydrogen) atoms. The van der Waals surface area contributed by atoms with E-state index in [0.29, 0.717) is 11.4 Å². The third-order valence-corrected chi connectivity index (χ3v) is 2.77. The van der Waals surface area contributed by atoms with Crippen LogP contribution >= 0.6 is 0 Å². The Hall–Kier alpha value is -1.68. The van der Waals surface area contributed by atoms with Crippen molar-refractivity contribution in [3.63, 3.8) is 0 Å². The normalized spacial score (nSPS) is 10.8. The fourth-order valence-corrected chi connectivity index (χ4v) is 1.67. The van der Waals surface area contributed by atoms with Gasteiger partial charge in [0, 0.05) is 0 Å². The van der Waals surface area contributed by atoms with Crippen LogP contribution in [0.5, 0.6) is 0 Å². The number of rotatable bonds is 7. The molecular formula is C16H14N4Na2O4+2. The van der Waals surface area contributed by atoms with Crippen LogP contribution in [0.15, 0.2) is 70.9 Å². The zero-order chi connectivity index (χ0) is 17.4. The van der Waals surface area contributed by atoms with Crippen LogP contribution in [0.4, 0.5) is 11.4 Å². The van der Waals surface area contributed by atoms with Gasteiger partial charge in [-0.3, -0.25) is 10.9 Å². The average Bonchev–Trinajstić information content (AvgIpc) is 2.59. The molecule has 10 heteroatoms. The number of nitrogens with one attached hydrogen (secondary N) is 2. The molecule has 2 aromatic carbocycles. The fraction of sp³-hybridized carbons (Fsp3) is 0. The molecule has 0 spiro atoms. The largest absolute Gasteiger partial charge is 1.00 e. The fourth-order valence-electron chi connectivity index (χ4n) is 1.67. The molecule has 0 saturated heterocycles. The van der Waals surface area contributed by atoms with Crippen molar-refractivity contribution >= 4 is 34.7 Å². The van der Waals surface area contributed by atoms with Gasteiger partial charge in [0.25, 0.3) is 0 Å². The van der Waals surface area contributed by atoms with E-state index < -0.39 is 23.4 Å². The average molecular weight is 372 g/mol. The van der Waals surface area contributed by atoms with Crippen molar-refractivity contribution in [1.29, 1.82) is 0 Å². The number of benzene rings is 2. The minimum Gasteiger partial charge on any atom is -0.476 e. The van der Waals surface area contributed by atoms with Gasteiger partial charge in [-0.05, 0) is 24.3 Å². The molecular weight excluding hydrogens is 358 g/mol. The number of hydrogen-bond donors (Lipinski definition) is 4. The van der Waals surface area contributed by atoms with Crippen LogP contribution in [0.1, 0.15) is 0 Å². The number of carboxylic acid groups (broad SMARTS) is 2. The van der Waals surface area contributed by atoms with Crippen molar-refractivity contribution in [2.75, 3.05) is 10.9 Å². The minimum atomic E-state index is -1.52. The van der Waals surface area contributed by atoms with Crippen molar-refractivity contribution in [3.05, 3.63) is 60.7 Å². The Labute approximate surface area is 194 Å². The van der Waals surface area contributed by atoms with Gasteiger partial charge in [-0.25, -0.2) is 9.59 Å². The van der Waals surface area contributed by atoms with Crippen molar-refractivity contribution in [2.45, 2.75) is 0 Å². The quantitative estimate of drug-likeness (QED) is 0.224. The van der Waals surface area contributed by atoms with Gasteiger partial charge in [0.05, 0.1) is 11.4 Å². The molecule has 0 unspecified atom stereocenters. The van der Waals surface area contributed by atoms with Crippen LogP contribution in [-0.2, 0) is 9.59 Å². The van der Waals surface area contributed by atoms with Crippen LogP contribution in [0.3, 0.4) is 0 Å². The number of nitrogens with zero attached hydrogens (tertiary/aromatic N) is 2. The third kappa shape index (κ3) is 7.69. The molecule has 0 amide bonds. The summed E-state index contributed by atoms with van der Waals surface area (Å²) in [5.74, 6) is -3.04. The van der Waals surface area contributed by atoms with Crippen molar-refractivity contribution in [3.8, 4) is 0 Å². The van der Waals surface area contributed by atoms with Gasteiger partial charge in [0.1, 0.15) is 0 Å². The Morgan fingerprint density at radius 1 is 0.654 bits per heavy atom. The maximum Gasteiger partial charge on any atom is 1.00 e. The van der Waals surface area contributed by atoms with E-state index in [2.05, 4.69) is 21.1 Å². The zero-order valence-corrected chi connectivity index (χ0v) is 18.4. The molecule has 0 radical (unpaired) electrons. The minimum absolute atomic E-state index is 0. The first-order valence-electron chi connectivity index (χ1n) is 6.82. The second kappa shape index (κ2) is 12.6. The molecule has 0 aromatic heterocycles. The van der Waals surface area contributed by atoms with E-state index in [0.717, 1.165) is 0 Å². The summed E-state index contributed by atoms with van der Waals surface area (Å²) in [7, 11) is 0. The summed E-state index contributed by atoms with van der Waals surface area (Å²) in [6, 6.07) is 17.1. The van der Waals surface area contributed by atoms with E-state index in [1.54, 1.807) is 60.7 Å². The van der Waals surface area contributed by atoms with Gasteiger partial charge >= 0.3 is 71.1 Å². The molecule has 0 aliphatic heterocycles. The van der Waals surface area contributed by atoms with E-state index in [-0.39, 0.29) is 59.1 Å². The Balaban J connectivity index is 0.00000312. The maximum atomic E-state index is 11.3. The van der Waals surface area contributed by atoms with Crippen molar-refractivity contribution < 1.29 is 78.9 Å². The van der Waals surface area contributed by atoms with E-state index >= 15 is 0 Å². The Morgan fingerprint density at radius 2 is 0.962 bits per heavy atom. The summed E-state index contributed by atoms with van der Waals surface area (Å²) in [6.45, 7) is 0. The Morgan fingerprint density at radius 3 is 1.23 bits per heavy atom. The molecule has 2 rings (SSSR count). The number of carboxylic acids is 2. The topological polar surface area (TPSA) is 123 Å². The molecule has 0 heterocycles. The second-order valence-corrected chi connectivity index (χ2v) is 4.49. The zero-order valence-electron chi connectivity index (χ0n) is 14.4. The molecule has 0 fully saturated rings. The van der Waals surface area contributed by atoms with Gasteiger partial charge < -0.3 is 10.2 Å². The van der Waals surface area contributed by atoms with E-state index in [4.69, 9.17) is 0 Å². The Bertz CT molecular complexity index is 716. The molecule has 2 aromatic rings. The van der Waals surface area contributed by atoms with Gasteiger partial charge in [0.15, 0.2) is 0 Å². The van der Waals surface area contributed by atoms with Crippen LogP contribution in [0.25, 0.3) is 0 Å². The molecule has 0 saturated carbocycles. The SMILES string of the molecule is O=C(O)C(=N\Nc1ccccc1)/C(=N/Nc1ccccc1)C(=O)O.[Na+].[Na+]. The number of carbonyl (C=O) groups is 2. The van der Waals surface area contributed by atoms with Crippen molar-refractivity contribution in [1.82, 2.24) is 0 Å². The van der Waals surface area contributed by atoms with Crippen LogP contribution in [-0.4, -0.2) is 33.6 Å². The number of hydrogen-bond acceptors (Lipinski definition) is 6. The van der Waals surface area contributed by atoms with Crippen LogP contribution in [0, 0.1) is 0 Å². The van der Waals surface area contributed by atoms with Gasteiger partial charge in [-0.2, -0.15) is 10.2 Å². The van der Waals surface area contributed by atoms with Gasteiger partial charge in [-0.1, -0.05) is 36.4 Å². The summed E-state index contributed by atoms with van der Waals surface area (Å²) in [5, 5.41) is 25.7. The van der Waals surface area contributed by atoms with Gasteiger partial charge in [-0.15, -0.1) is 0 Å². The van der Waals surface area contributed by atoms with Crippen LogP contribution in [0.2, 0.25) is 0 Å². The standard InChI is InChI=1S/C16H14N4O4.2Na/c21-15(22)13(19-17-11-7-3-1-4-8-11)14(16(23)24)20-18-12-9-5-2-6-10-12;;/h1-10,17-18H,(H,21,22)(H,23,24);;/q;2*+1/b19-13-,20-14-;;. The summed E-state index contributed by atoms with van der Waals surface area (Å²) in [6.07, 6.45) is 0. The number of hydrazone groups is 2. The number of para-hydroxylation sites is 2. The van der Waals surface area contributed by atoms with Crippen LogP contribution < -0.4 is 70.0 Å². The molecule has 0 aliphatic rings. The number of anilines is 2. The summed E-state index contributed by atoms with van der Waals surface area (Å²) < 4.78 is 0. The van der Waals surface area contributed by atoms with E-state index in [9.17, 15) is 19.8 Å². The monoisotopic (exact) mass is 372 g/mol. The van der Waals surface area contributed by atoms with Crippen molar-refractivity contribution in [2.24, 2.45) is 10.2 Å². The summed E-state index contributed by atoms with van der Waals surface area (Å²) in [5.41, 5.74) is 4.56. The molecule has 0 atom stereocenters. The molecule has 0 bridgehead atoms. The first kappa shape index (κ1) is 24.3. The maximum absolute atomic E-state index is 11.3. The summed E-state index contributed by atoms with van der Waals surface area (Å²) >= 11 is 0. The number of aliphatic carboxylic acids is 2. The van der Waals surface area contributed by atoms with Gasteiger partial charge in [0.2, 0.25) is 11.4 Å². The predicted molar refractivity (Wildman–Crippen MR) is 90.3 cm³/mol. The Kier molecular flexibility index (Phi) is 11.8. The van der Waals surface area contributed by atoms with E-state index in [1.165, 1.54) is 0 Å². The smallest absolute Gasteiger partial charge is 0.476 e. The predicted octanol–water partition coefficient (Wildman–Crippen LogP) is -3.90. The molecule has 0 aliphatic carbocycles. The summed E-state index contributed by atoms with van der Waals surface area (Å²) in [4.78, 5) is 22.7. The second-order valence-electron chi connectivity index (χ2n) is 4.49. The molecule has 122 valence electrons. The third-order valence-electron chi connectivity index (χ3n) is 2.77.